The molecule has 2 heterocycles. The zero-order valence-corrected chi connectivity index (χ0v) is 15.1. The first kappa shape index (κ1) is 17.3. The van der Waals surface area contributed by atoms with Crippen molar-refractivity contribution in [3.63, 3.8) is 0 Å². The van der Waals surface area contributed by atoms with Gasteiger partial charge in [-0.05, 0) is 38.5 Å². The van der Waals surface area contributed by atoms with Crippen molar-refractivity contribution in [1.29, 1.82) is 0 Å². The van der Waals surface area contributed by atoms with Crippen molar-refractivity contribution >= 4 is 22.8 Å². The Bertz CT molecular complexity index is 773. The van der Waals surface area contributed by atoms with Crippen LogP contribution in [-0.2, 0) is 0 Å². The number of nitrogens with one attached hydrogen (secondary N) is 1. The molecule has 3 rings (SSSR count). The maximum Gasteiger partial charge on any atom is 0.320 e. The van der Waals surface area contributed by atoms with E-state index in [1.54, 1.807) is 6.20 Å². The molecule has 0 atom stereocenters. The normalized spacial score (nSPS) is 14.8. The first-order chi connectivity index (χ1) is 12.0. The van der Waals surface area contributed by atoms with E-state index in [1.165, 1.54) is 0 Å². The summed E-state index contributed by atoms with van der Waals surface area (Å²) in [6.45, 7) is 9.58. The van der Waals surface area contributed by atoms with Crippen LogP contribution in [-0.4, -0.2) is 76.1 Å². The number of piperazine rings is 1. The second-order valence-electron chi connectivity index (χ2n) is 6.38. The molecule has 1 N–H and O–H groups in total. The quantitative estimate of drug-likeness (QED) is 0.927. The third kappa shape index (κ3) is 3.31. The highest BCUT2D eigenvalue weighted by Crippen LogP contribution is 2.21. The average molecular weight is 343 g/mol. The number of H-pyrrole nitrogens is 1. The zero-order valence-electron chi connectivity index (χ0n) is 15.1. The Morgan fingerprint density at radius 2 is 1.76 bits per heavy atom. The van der Waals surface area contributed by atoms with Gasteiger partial charge in [0.25, 0.3) is 5.91 Å². The van der Waals surface area contributed by atoms with E-state index in [0.717, 1.165) is 16.5 Å². The van der Waals surface area contributed by atoms with E-state index in [9.17, 15) is 9.59 Å². The number of carbonyl (C=O) groups is 2. The number of hydrogen-bond donors (Lipinski definition) is 1. The summed E-state index contributed by atoms with van der Waals surface area (Å²) in [5.41, 5.74) is 2.46. The van der Waals surface area contributed by atoms with Gasteiger partial charge in [0.15, 0.2) is 0 Å². The van der Waals surface area contributed by atoms with Gasteiger partial charge in [0.1, 0.15) is 0 Å². The van der Waals surface area contributed by atoms with Crippen molar-refractivity contribution in [2.45, 2.75) is 20.8 Å². The summed E-state index contributed by atoms with van der Waals surface area (Å²) in [5.74, 6) is -0.00659. The third-order valence-electron chi connectivity index (χ3n) is 4.79. The molecular weight excluding hydrogens is 318 g/mol. The summed E-state index contributed by atoms with van der Waals surface area (Å²) in [4.78, 5) is 30.8. The SMILES string of the molecule is CCN(CC)C(=O)N1CCN(C(=O)c2cc(C)cc3cn[nH]c23)CC1. The summed E-state index contributed by atoms with van der Waals surface area (Å²) in [6.07, 6.45) is 1.74. The number of urea groups is 1. The van der Waals surface area contributed by atoms with Crippen LogP contribution in [0.15, 0.2) is 18.3 Å². The summed E-state index contributed by atoms with van der Waals surface area (Å²) in [7, 11) is 0. The fourth-order valence-corrected chi connectivity index (χ4v) is 3.34. The minimum atomic E-state index is -0.00659. The smallest absolute Gasteiger partial charge is 0.320 e. The number of nitrogens with zero attached hydrogens (tertiary/aromatic N) is 4. The minimum Gasteiger partial charge on any atom is -0.335 e. The van der Waals surface area contributed by atoms with Gasteiger partial charge >= 0.3 is 6.03 Å². The molecule has 1 aliphatic heterocycles. The van der Waals surface area contributed by atoms with E-state index in [0.29, 0.717) is 44.8 Å². The Balaban J connectivity index is 1.71. The van der Waals surface area contributed by atoms with Crippen molar-refractivity contribution in [3.05, 3.63) is 29.5 Å². The lowest BCUT2D eigenvalue weighted by molar-refractivity contribution is 0.0643. The fraction of sp³-hybridized carbons (Fsp3) is 0.500. The van der Waals surface area contributed by atoms with E-state index in [1.807, 2.05) is 47.6 Å². The lowest BCUT2D eigenvalue weighted by atomic mass is 10.1. The molecule has 0 spiro atoms. The molecule has 0 unspecified atom stereocenters. The Labute approximate surface area is 147 Å². The summed E-state index contributed by atoms with van der Waals surface area (Å²) in [5, 5.41) is 7.92. The molecule has 3 amide bonds. The standard InChI is InChI=1S/C18H25N5O2/c1-4-21(5-2)18(25)23-8-6-22(7-9-23)17(24)15-11-13(3)10-14-12-19-20-16(14)15/h10-12H,4-9H2,1-3H3,(H,19,20). The first-order valence-corrected chi connectivity index (χ1v) is 8.82. The van der Waals surface area contributed by atoms with Gasteiger partial charge in [0, 0.05) is 44.7 Å². The van der Waals surface area contributed by atoms with Gasteiger partial charge in [0.05, 0.1) is 17.3 Å². The van der Waals surface area contributed by atoms with E-state index < -0.39 is 0 Å². The number of rotatable bonds is 3. The number of aryl methyl sites for hydroxylation is 1. The van der Waals surface area contributed by atoms with Gasteiger partial charge in [-0.15, -0.1) is 0 Å². The summed E-state index contributed by atoms with van der Waals surface area (Å²) in [6, 6.07) is 3.97. The number of benzene rings is 1. The van der Waals surface area contributed by atoms with Gasteiger partial charge < -0.3 is 14.7 Å². The van der Waals surface area contributed by atoms with Crippen LogP contribution in [0.25, 0.3) is 10.9 Å². The zero-order chi connectivity index (χ0) is 18.0. The summed E-state index contributed by atoms with van der Waals surface area (Å²) < 4.78 is 0. The second-order valence-corrected chi connectivity index (χ2v) is 6.38. The predicted octanol–water partition coefficient (Wildman–Crippen LogP) is 2.09. The predicted molar refractivity (Wildman–Crippen MR) is 96.6 cm³/mol. The highest BCUT2D eigenvalue weighted by molar-refractivity contribution is 6.05. The van der Waals surface area contributed by atoms with Gasteiger partial charge in [-0.2, -0.15) is 5.10 Å². The van der Waals surface area contributed by atoms with Crippen molar-refractivity contribution in [3.8, 4) is 0 Å². The lowest BCUT2D eigenvalue weighted by Gasteiger charge is -2.37. The second kappa shape index (κ2) is 7.13. The summed E-state index contributed by atoms with van der Waals surface area (Å²) >= 11 is 0. The molecule has 1 saturated heterocycles. The molecule has 1 aromatic carbocycles. The first-order valence-electron chi connectivity index (χ1n) is 8.82. The molecule has 0 radical (unpaired) electrons. The molecule has 0 aliphatic carbocycles. The fourth-order valence-electron chi connectivity index (χ4n) is 3.34. The van der Waals surface area contributed by atoms with E-state index in [2.05, 4.69) is 10.2 Å². The van der Waals surface area contributed by atoms with Crippen LogP contribution in [0.1, 0.15) is 29.8 Å². The molecule has 2 aromatic rings. The van der Waals surface area contributed by atoms with Crippen LogP contribution < -0.4 is 0 Å². The average Bonchev–Trinajstić information content (AvgIpc) is 3.09. The van der Waals surface area contributed by atoms with Gasteiger partial charge in [-0.1, -0.05) is 0 Å². The molecule has 1 aliphatic rings. The molecule has 25 heavy (non-hydrogen) atoms. The molecule has 0 bridgehead atoms. The molecular formula is C18H25N5O2. The van der Waals surface area contributed by atoms with Crippen LogP contribution in [0.3, 0.4) is 0 Å². The Morgan fingerprint density at radius 3 is 2.40 bits per heavy atom. The number of aromatic amines is 1. The number of hydrogen-bond acceptors (Lipinski definition) is 3. The van der Waals surface area contributed by atoms with Crippen LogP contribution >= 0.6 is 0 Å². The Morgan fingerprint density at radius 1 is 1.12 bits per heavy atom. The van der Waals surface area contributed by atoms with Gasteiger partial charge in [-0.3, -0.25) is 9.89 Å². The topological polar surface area (TPSA) is 72.5 Å². The van der Waals surface area contributed by atoms with Crippen LogP contribution in [0.5, 0.6) is 0 Å². The van der Waals surface area contributed by atoms with Gasteiger partial charge in [-0.25, -0.2) is 4.79 Å². The molecule has 1 fully saturated rings. The molecule has 0 saturated carbocycles. The molecule has 134 valence electrons. The number of fused-ring (bicyclic) bond motifs is 1. The van der Waals surface area contributed by atoms with Crippen molar-refractivity contribution in [2.75, 3.05) is 39.3 Å². The number of aromatic nitrogens is 2. The van der Waals surface area contributed by atoms with E-state index in [4.69, 9.17) is 0 Å². The lowest BCUT2D eigenvalue weighted by Crippen LogP contribution is -2.54. The monoisotopic (exact) mass is 343 g/mol. The minimum absolute atomic E-state index is 0.00659. The van der Waals surface area contributed by atoms with Gasteiger partial charge in [0.2, 0.25) is 0 Å². The van der Waals surface area contributed by atoms with Crippen molar-refractivity contribution in [1.82, 2.24) is 24.9 Å². The molecule has 1 aromatic heterocycles. The maximum absolute atomic E-state index is 13.0. The highest BCUT2D eigenvalue weighted by atomic mass is 16.2. The highest BCUT2D eigenvalue weighted by Gasteiger charge is 2.27. The van der Waals surface area contributed by atoms with Crippen molar-refractivity contribution < 1.29 is 9.59 Å². The van der Waals surface area contributed by atoms with Crippen LogP contribution in [0, 0.1) is 6.92 Å². The van der Waals surface area contributed by atoms with Crippen LogP contribution in [0.2, 0.25) is 0 Å². The Hall–Kier alpha value is -2.57. The maximum atomic E-state index is 13.0. The van der Waals surface area contributed by atoms with E-state index >= 15 is 0 Å². The molecule has 7 heteroatoms. The van der Waals surface area contributed by atoms with Crippen LogP contribution in [0.4, 0.5) is 4.79 Å². The third-order valence-corrected chi connectivity index (χ3v) is 4.79. The largest absolute Gasteiger partial charge is 0.335 e. The number of amides is 3. The molecule has 7 nitrogen and oxygen atoms in total. The van der Waals surface area contributed by atoms with Crippen molar-refractivity contribution in [2.24, 2.45) is 0 Å². The number of carbonyl (C=O) groups excluding carboxylic acids is 2. The van der Waals surface area contributed by atoms with E-state index in [-0.39, 0.29) is 11.9 Å². The Kier molecular flexibility index (Phi) is 4.92.